The molecular weight excluding hydrogens is 336 g/mol. The Morgan fingerprint density at radius 1 is 1.44 bits per heavy atom. The fourth-order valence-electron chi connectivity index (χ4n) is 3.40. The van der Waals surface area contributed by atoms with Crippen LogP contribution in [-0.4, -0.2) is 38.8 Å². The summed E-state index contributed by atoms with van der Waals surface area (Å²) in [4.78, 5) is 11.2. The lowest BCUT2D eigenvalue weighted by atomic mass is 9.89. The fourth-order valence-corrected chi connectivity index (χ4v) is 4.84. The van der Waals surface area contributed by atoms with E-state index in [0.717, 1.165) is 5.75 Å². The molecule has 6 heteroatoms. The standard InChI is InChI=1S/C19H24N2O3S/c1-12(2)21-17(7-8-20-21)16-11-25-13(3)15(16)10-24-19-6-4-5-18(23)14(19)9-22/h4-9,12-13,15-16,23H,10-11H2,1-3H3. The minimum absolute atomic E-state index is 0.0456. The van der Waals surface area contributed by atoms with E-state index in [1.165, 1.54) is 11.8 Å². The maximum absolute atomic E-state index is 11.2. The molecule has 5 nitrogen and oxygen atoms in total. The van der Waals surface area contributed by atoms with E-state index in [1.54, 1.807) is 12.1 Å². The number of rotatable bonds is 6. The van der Waals surface area contributed by atoms with Gasteiger partial charge in [0.15, 0.2) is 6.29 Å². The van der Waals surface area contributed by atoms with E-state index in [9.17, 15) is 9.90 Å². The minimum atomic E-state index is -0.0456. The molecule has 3 unspecified atom stereocenters. The average molecular weight is 360 g/mol. The van der Waals surface area contributed by atoms with Crippen LogP contribution >= 0.6 is 11.8 Å². The molecule has 1 aliphatic rings. The second-order valence-corrected chi connectivity index (χ2v) is 8.13. The smallest absolute Gasteiger partial charge is 0.157 e. The highest BCUT2D eigenvalue weighted by Gasteiger charge is 2.37. The van der Waals surface area contributed by atoms with Crippen molar-refractivity contribution < 1.29 is 14.6 Å². The summed E-state index contributed by atoms with van der Waals surface area (Å²) in [6.45, 7) is 7.00. The van der Waals surface area contributed by atoms with Crippen LogP contribution in [0.4, 0.5) is 0 Å². The Morgan fingerprint density at radius 2 is 2.24 bits per heavy atom. The summed E-state index contributed by atoms with van der Waals surface area (Å²) in [5, 5.41) is 14.7. The zero-order chi connectivity index (χ0) is 18.0. The quantitative estimate of drug-likeness (QED) is 0.792. The molecule has 25 heavy (non-hydrogen) atoms. The number of hydrogen-bond acceptors (Lipinski definition) is 5. The summed E-state index contributed by atoms with van der Waals surface area (Å²) in [6.07, 6.45) is 2.50. The van der Waals surface area contributed by atoms with Crippen molar-refractivity contribution in [1.82, 2.24) is 9.78 Å². The minimum Gasteiger partial charge on any atom is -0.507 e. The lowest BCUT2D eigenvalue weighted by molar-refractivity contribution is 0.111. The first-order valence-corrected chi connectivity index (χ1v) is 9.62. The Hall–Kier alpha value is -1.95. The third-order valence-electron chi connectivity index (χ3n) is 4.82. The first-order chi connectivity index (χ1) is 12.0. The summed E-state index contributed by atoms with van der Waals surface area (Å²) >= 11 is 1.94. The zero-order valence-electron chi connectivity index (χ0n) is 14.8. The highest BCUT2D eigenvalue weighted by molar-refractivity contribution is 8.00. The summed E-state index contributed by atoms with van der Waals surface area (Å²) in [6, 6.07) is 7.33. The van der Waals surface area contributed by atoms with Crippen LogP contribution in [0.2, 0.25) is 0 Å². The van der Waals surface area contributed by atoms with Crippen molar-refractivity contribution in [3.05, 3.63) is 41.7 Å². The number of phenolic OH excluding ortho intramolecular Hbond substituents is 1. The van der Waals surface area contributed by atoms with Crippen molar-refractivity contribution in [2.24, 2.45) is 5.92 Å². The molecule has 134 valence electrons. The van der Waals surface area contributed by atoms with Gasteiger partial charge < -0.3 is 9.84 Å². The molecule has 0 aliphatic carbocycles. The average Bonchev–Trinajstić information content (AvgIpc) is 3.19. The van der Waals surface area contributed by atoms with Crippen LogP contribution < -0.4 is 4.74 Å². The van der Waals surface area contributed by atoms with Gasteiger partial charge in [-0.15, -0.1) is 0 Å². The maximum atomic E-state index is 11.2. The largest absolute Gasteiger partial charge is 0.507 e. The van der Waals surface area contributed by atoms with Crippen LogP contribution in [0.5, 0.6) is 11.5 Å². The Morgan fingerprint density at radius 3 is 2.96 bits per heavy atom. The van der Waals surface area contributed by atoms with E-state index in [1.807, 2.05) is 18.0 Å². The topological polar surface area (TPSA) is 64.3 Å². The Bertz CT molecular complexity index is 744. The molecule has 1 aromatic heterocycles. The molecule has 1 saturated heterocycles. The van der Waals surface area contributed by atoms with Gasteiger partial charge in [-0.2, -0.15) is 16.9 Å². The highest BCUT2D eigenvalue weighted by Crippen LogP contribution is 2.43. The van der Waals surface area contributed by atoms with E-state index in [4.69, 9.17) is 4.74 Å². The molecule has 3 rings (SSSR count). The van der Waals surface area contributed by atoms with E-state index < -0.39 is 0 Å². The molecular formula is C19H24N2O3S. The number of nitrogens with zero attached hydrogens (tertiary/aromatic N) is 2. The van der Waals surface area contributed by atoms with Crippen LogP contribution in [0.3, 0.4) is 0 Å². The van der Waals surface area contributed by atoms with E-state index in [2.05, 4.69) is 36.6 Å². The van der Waals surface area contributed by atoms with Gasteiger partial charge in [0.25, 0.3) is 0 Å². The molecule has 0 radical (unpaired) electrons. The van der Waals surface area contributed by atoms with Gasteiger partial charge in [-0.05, 0) is 32.0 Å². The van der Waals surface area contributed by atoms with Crippen molar-refractivity contribution in [3.8, 4) is 11.5 Å². The number of carbonyl (C=O) groups excluding carboxylic acids is 1. The normalized spacial score (nSPS) is 23.1. The summed E-state index contributed by atoms with van der Waals surface area (Å²) < 4.78 is 8.04. The third-order valence-corrected chi connectivity index (χ3v) is 6.25. The number of aromatic nitrogens is 2. The predicted molar refractivity (Wildman–Crippen MR) is 99.8 cm³/mol. The molecule has 3 atom stereocenters. The summed E-state index contributed by atoms with van der Waals surface area (Å²) in [5.41, 5.74) is 1.46. The molecule has 2 aromatic rings. The van der Waals surface area contributed by atoms with Gasteiger partial charge in [-0.1, -0.05) is 13.0 Å². The first kappa shape index (κ1) is 17.9. The number of carbonyl (C=O) groups is 1. The van der Waals surface area contributed by atoms with Gasteiger partial charge in [-0.25, -0.2) is 0 Å². The van der Waals surface area contributed by atoms with E-state index in [-0.39, 0.29) is 11.3 Å². The monoisotopic (exact) mass is 360 g/mol. The van der Waals surface area contributed by atoms with Crippen LogP contribution in [0.1, 0.15) is 48.8 Å². The van der Waals surface area contributed by atoms with E-state index >= 15 is 0 Å². The van der Waals surface area contributed by atoms with Crippen LogP contribution in [-0.2, 0) is 0 Å². The van der Waals surface area contributed by atoms with Crippen molar-refractivity contribution >= 4 is 18.0 Å². The zero-order valence-corrected chi connectivity index (χ0v) is 15.6. The molecule has 0 amide bonds. The predicted octanol–water partition coefficient (Wildman–Crippen LogP) is 3.90. The third kappa shape index (κ3) is 3.54. The molecule has 1 aliphatic heterocycles. The van der Waals surface area contributed by atoms with Crippen molar-refractivity contribution in [2.45, 2.75) is 38.0 Å². The Labute approximate surface area is 152 Å². The molecule has 1 aromatic carbocycles. The molecule has 1 N–H and O–H groups in total. The number of ether oxygens (including phenoxy) is 1. The van der Waals surface area contributed by atoms with Crippen molar-refractivity contribution in [3.63, 3.8) is 0 Å². The number of phenols is 1. The van der Waals surface area contributed by atoms with Crippen LogP contribution in [0.15, 0.2) is 30.5 Å². The van der Waals surface area contributed by atoms with Crippen LogP contribution in [0, 0.1) is 5.92 Å². The Kier molecular flexibility index (Phi) is 5.37. The van der Waals surface area contributed by atoms with Gasteiger partial charge in [0.1, 0.15) is 11.5 Å². The first-order valence-electron chi connectivity index (χ1n) is 8.58. The van der Waals surface area contributed by atoms with Gasteiger partial charge in [-0.3, -0.25) is 9.48 Å². The van der Waals surface area contributed by atoms with Gasteiger partial charge in [0, 0.05) is 40.8 Å². The molecule has 1 fully saturated rings. The number of thioether (sulfide) groups is 1. The molecule has 0 spiro atoms. The molecule has 0 saturated carbocycles. The fraction of sp³-hybridized carbons (Fsp3) is 0.474. The van der Waals surface area contributed by atoms with Crippen molar-refractivity contribution in [1.29, 1.82) is 0 Å². The SMILES string of the molecule is CC1SCC(c2ccnn2C(C)C)C1COc1cccc(O)c1C=O. The summed E-state index contributed by atoms with van der Waals surface area (Å²) in [7, 11) is 0. The van der Waals surface area contributed by atoms with Gasteiger partial charge in [0.2, 0.25) is 0 Å². The second kappa shape index (κ2) is 7.52. The van der Waals surface area contributed by atoms with Crippen LogP contribution in [0.25, 0.3) is 0 Å². The molecule has 0 bridgehead atoms. The highest BCUT2D eigenvalue weighted by atomic mass is 32.2. The number of hydrogen-bond donors (Lipinski definition) is 1. The lowest BCUT2D eigenvalue weighted by Gasteiger charge is -2.24. The van der Waals surface area contributed by atoms with Gasteiger partial charge in [0.05, 0.1) is 12.2 Å². The number of benzene rings is 1. The van der Waals surface area contributed by atoms with Gasteiger partial charge >= 0.3 is 0 Å². The number of aldehydes is 1. The number of aromatic hydroxyl groups is 1. The lowest BCUT2D eigenvalue weighted by Crippen LogP contribution is -2.25. The molecule has 2 heterocycles. The second-order valence-electron chi connectivity index (χ2n) is 6.72. The van der Waals surface area contributed by atoms with Crippen molar-refractivity contribution in [2.75, 3.05) is 12.4 Å². The maximum Gasteiger partial charge on any atom is 0.157 e. The summed E-state index contributed by atoms with van der Waals surface area (Å²) in [5.74, 6) is 2.11. The Balaban J connectivity index is 1.79. The van der Waals surface area contributed by atoms with E-state index in [0.29, 0.717) is 41.8 Å².